The normalized spacial score (nSPS) is 15.3. The van der Waals surface area contributed by atoms with Gasteiger partial charge in [-0.3, -0.25) is 4.90 Å². The summed E-state index contributed by atoms with van der Waals surface area (Å²) in [7, 11) is 0. The van der Waals surface area contributed by atoms with Gasteiger partial charge < -0.3 is 10.1 Å². The van der Waals surface area contributed by atoms with Gasteiger partial charge in [0.2, 0.25) is 0 Å². The summed E-state index contributed by atoms with van der Waals surface area (Å²) in [5.41, 5.74) is 5.43. The highest BCUT2D eigenvalue weighted by molar-refractivity contribution is 5.84. The third-order valence-electron chi connectivity index (χ3n) is 5.47. The second-order valence-electron chi connectivity index (χ2n) is 8.36. The second kappa shape index (κ2) is 7.10. The zero-order valence-electron chi connectivity index (χ0n) is 16.1. The van der Waals surface area contributed by atoms with E-state index in [0.717, 1.165) is 49.8 Å². The quantitative estimate of drug-likeness (QED) is 0.694. The van der Waals surface area contributed by atoms with Crippen molar-refractivity contribution < 1.29 is 9.50 Å². The highest BCUT2D eigenvalue weighted by atomic mass is 19.1. The van der Waals surface area contributed by atoms with Gasteiger partial charge in [0.1, 0.15) is 5.82 Å². The Morgan fingerprint density at radius 2 is 1.85 bits per heavy atom. The molecule has 0 saturated heterocycles. The maximum atomic E-state index is 13.7. The van der Waals surface area contributed by atoms with Gasteiger partial charge in [-0.2, -0.15) is 0 Å². The molecule has 142 valence electrons. The van der Waals surface area contributed by atoms with E-state index in [0.29, 0.717) is 0 Å². The lowest BCUT2D eigenvalue weighted by Gasteiger charge is -2.27. The number of benzene rings is 2. The largest absolute Gasteiger partial charge is 0.390 e. The zero-order chi connectivity index (χ0) is 19.0. The van der Waals surface area contributed by atoms with Gasteiger partial charge in [0.05, 0.1) is 5.60 Å². The molecular formula is C23H27FN2O. The molecule has 4 rings (SSSR count). The van der Waals surface area contributed by atoms with Crippen molar-refractivity contribution in [2.24, 2.45) is 0 Å². The van der Waals surface area contributed by atoms with Gasteiger partial charge >= 0.3 is 0 Å². The van der Waals surface area contributed by atoms with Crippen molar-refractivity contribution in [2.75, 3.05) is 6.54 Å². The molecule has 0 spiro atoms. The van der Waals surface area contributed by atoms with Crippen molar-refractivity contribution in [1.29, 1.82) is 0 Å². The molecule has 0 fully saturated rings. The smallest absolute Gasteiger partial charge is 0.123 e. The van der Waals surface area contributed by atoms with E-state index >= 15 is 0 Å². The Kier molecular flexibility index (Phi) is 4.79. The minimum atomic E-state index is -0.622. The van der Waals surface area contributed by atoms with Crippen LogP contribution in [0.15, 0.2) is 42.5 Å². The van der Waals surface area contributed by atoms with Crippen LogP contribution in [0, 0.1) is 5.82 Å². The van der Waals surface area contributed by atoms with Crippen LogP contribution in [0.4, 0.5) is 4.39 Å². The molecular weight excluding hydrogens is 339 g/mol. The lowest BCUT2D eigenvalue weighted by atomic mass is 9.98. The maximum Gasteiger partial charge on any atom is 0.123 e. The van der Waals surface area contributed by atoms with Gasteiger partial charge in [-0.05, 0) is 61.6 Å². The van der Waals surface area contributed by atoms with Crippen LogP contribution in [-0.2, 0) is 25.9 Å². The molecule has 3 aromatic rings. The third-order valence-corrected chi connectivity index (χ3v) is 5.47. The van der Waals surface area contributed by atoms with E-state index < -0.39 is 5.60 Å². The number of aliphatic hydroxyl groups is 1. The Morgan fingerprint density at radius 1 is 1.11 bits per heavy atom. The second-order valence-corrected chi connectivity index (χ2v) is 8.36. The van der Waals surface area contributed by atoms with Crippen molar-refractivity contribution in [1.82, 2.24) is 9.88 Å². The van der Waals surface area contributed by atoms with E-state index in [1.165, 1.54) is 28.5 Å². The van der Waals surface area contributed by atoms with Crippen molar-refractivity contribution >= 4 is 10.9 Å². The topological polar surface area (TPSA) is 39.3 Å². The monoisotopic (exact) mass is 366 g/mol. The number of aryl methyl sites for hydroxylation is 1. The number of hydrogen-bond donors (Lipinski definition) is 2. The van der Waals surface area contributed by atoms with E-state index in [4.69, 9.17) is 0 Å². The highest BCUT2D eigenvalue weighted by Crippen LogP contribution is 2.29. The molecule has 0 atom stereocenters. The van der Waals surface area contributed by atoms with Crippen LogP contribution in [0.25, 0.3) is 10.9 Å². The lowest BCUT2D eigenvalue weighted by molar-refractivity contribution is 0.0714. The Hall–Kier alpha value is -2.17. The van der Waals surface area contributed by atoms with E-state index in [2.05, 4.69) is 34.1 Å². The van der Waals surface area contributed by atoms with Crippen LogP contribution in [0.5, 0.6) is 0 Å². The number of nitrogens with zero attached hydrogens (tertiary/aromatic N) is 1. The molecule has 2 aromatic carbocycles. The number of hydrogen-bond acceptors (Lipinski definition) is 2. The Morgan fingerprint density at radius 3 is 2.59 bits per heavy atom. The minimum Gasteiger partial charge on any atom is -0.390 e. The van der Waals surface area contributed by atoms with Crippen molar-refractivity contribution in [3.8, 4) is 0 Å². The first-order valence-electron chi connectivity index (χ1n) is 9.69. The van der Waals surface area contributed by atoms with Gasteiger partial charge in [-0.25, -0.2) is 4.39 Å². The molecule has 0 amide bonds. The number of nitrogens with one attached hydrogen (secondary N) is 1. The maximum absolute atomic E-state index is 13.7. The van der Waals surface area contributed by atoms with Gasteiger partial charge in [-0.1, -0.05) is 24.3 Å². The van der Waals surface area contributed by atoms with Gasteiger partial charge in [0, 0.05) is 42.7 Å². The van der Waals surface area contributed by atoms with Crippen LogP contribution in [0.2, 0.25) is 0 Å². The summed E-state index contributed by atoms with van der Waals surface area (Å²) in [5.74, 6) is -0.178. The van der Waals surface area contributed by atoms with Crippen molar-refractivity contribution in [3.63, 3.8) is 0 Å². The van der Waals surface area contributed by atoms with Crippen LogP contribution in [-0.4, -0.2) is 27.1 Å². The average Bonchev–Trinajstić information content (AvgIpc) is 2.98. The Balaban J connectivity index is 1.44. The first-order valence-corrected chi connectivity index (χ1v) is 9.69. The molecule has 1 aliphatic rings. The molecule has 2 N–H and O–H groups in total. The number of fused-ring (bicyclic) bond motifs is 3. The summed E-state index contributed by atoms with van der Waals surface area (Å²) < 4.78 is 13.7. The van der Waals surface area contributed by atoms with Crippen molar-refractivity contribution in [2.45, 2.75) is 51.8 Å². The van der Waals surface area contributed by atoms with Gasteiger partial charge in [0.15, 0.2) is 0 Å². The molecule has 1 aliphatic heterocycles. The molecule has 0 bridgehead atoms. The number of aromatic nitrogens is 1. The molecule has 1 aromatic heterocycles. The number of rotatable bonds is 5. The number of halogens is 1. The summed E-state index contributed by atoms with van der Waals surface area (Å²) in [6.07, 6.45) is 2.62. The van der Waals surface area contributed by atoms with Crippen LogP contribution < -0.4 is 0 Å². The molecule has 27 heavy (non-hydrogen) atoms. The average molecular weight is 366 g/mol. The minimum absolute atomic E-state index is 0.178. The highest BCUT2D eigenvalue weighted by Gasteiger charge is 2.21. The fourth-order valence-electron chi connectivity index (χ4n) is 3.90. The van der Waals surface area contributed by atoms with E-state index in [9.17, 15) is 9.50 Å². The zero-order valence-corrected chi connectivity index (χ0v) is 16.1. The molecule has 0 saturated carbocycles. The first kappa shape index (κ1) is 18.2. The molecule has 0 radical (unpaired) electrons. The Labute approximate surface area is 159 Å². The summed E-state index contributed by atoms with van der Waals surface area (Å²) in [5, 5.41) is 10.9. The van der Waals surface area contributed by atoms with Gasteiger partial charge in [-0.15, -0.1) is 0 Å². The molecule has 0 unspecified atom stereocenters. The summed E-state index contributed by atoms with van der Waals surface area (Å²) in [4.78, 5) is 5.87. The predicted octanol–water partition coefficient (Wildman–Crippen LogP) is 4.57. The molecule has 3 nitrogen and oxygen atoms in total. The molecule has 0 aliphatic carbocycles. The van der Waals surface area contributed by atoms with E-state index in [1.807, 2.05) is 19.9 Å². The summed E-state index contributed by atoms with van der Waals surface area (Å²) in [6.45, 7) is 6.44. The summed E-state index contributed by atoms with van der Waals surface area (Å²) >= 11 is 0. The number of aromatic amines is 1. The van der Waals surface area contributed by atoms with Crippen LogP contribution in [0.1, 0.15) is 42.7 Å². The SMILES string of the molecule is CC(C)(O)CCc1ccc(CN2CCc3[nH]c4ccc(F)cc4c3C2)cc1. The van der Waals surface area contributed by atoms with E-state index in [1.54, 1.807) is 6.07 Å². The number of H-pyrrole nitrogens is 1. The van der Waals surface area contributed by atoms with Crippen LogP contribution in [0.3, 0.4) is 0 Å². The fourth-order valence-corrected chi connectivity index (χ4v) is 3.90. The van der Waals surface area contributed by atoms with Gasteiger partial charge in [0.25, 0.3) is 0 Å². The van der Waals surface area contributed by atoms with Crippen LogP contribution >= 0.6 is 0 Å². The molecule has 4 heteroatoms. The summed E-state index contributed by atoms with van der Waals surface area (Å²) in [6, 6.07) is 13.7. The fraction of sp³-hybridized carbons (Fsp3) is 0.391. The third kappa shape index (κ3) is 4.23. The first-order chi connectivity index (χ1) is 12.9. The Bertz CT molecular complexity index is 937. The van der Waals surface area contributed by atoms with E-state index in [-0.39, 0.29) is 5.82 Å². The lowest BCUT2D eigenvalue weighted by Crippen LogP contribution is -2.29. The standard InChI is InChI=1S/C23H27FN2O/c1-23(2,27)11-9-16-3-5-17(6-4-16)14-26-12-10-22-20(15-26)19-13-18(24)7-8-21(19)25-22/h3-8,13,25,27H,9-12,14-15H2,1-2H3. The predicted molar refractivity (Wildman–Crippen MR) is 107 cm³/mol. The van der Waals surface area contributed by atoms with Crippen molar-refractivity contribution in [3.05, 3.63) is 70.7 Å². The molecule has 2 heterocycles.